The molecule has 1 aliphatic heterocycles. The summed E-state index contributed by atoms with van der Waals surface area (Å²) in [6.45, 7) is 1.48. The van der Waals surface area contributed by atoms with Crippen molar-refractivity contribution in [3.8, 4) is 11.5 Å². The van der Waals surface area contributed by atoms with Gasteiger partial charge in [0, 0.05) is 23.2 Å². The number of ether oxygens (including phenoxy) is 3. The molecule has 0 N–H and O–H groups in total. The van der Waals surface area contributed by atoms with Crippen molar-refractivity contribution in [3.05, 3.63) is 58.6 Å². The lowest BCUT2D eigenvalue weighted by Crippen LogP contribution is -2.42. The lowest BCUT2D eigenvalue weighted by atomic mass is 10.1. The number of rotatable bonds is 4. The smallest absolute Gasteiger partial charge is 0.254 e. The monoisotopic (exact) mass is 361 g/mol. The molecule has 1 fully saturated rings. The fourth-order valence-corrected chi connectivity index (χ4v) is 3.05. The average Bonchev–Trinajstić information content (AvgIpc) is 2.67. The summed E-state index contributed by atoms with van der Waals surface area (Å²) in [6, 6.07) is 12.7. The summed E-state index contributed by atoms with van der Waals surface area (Å²) in [5, 5.41) is 0.655. The molecular weight excluding hydrogens is 342 g/mol. The number of benzene rings is 2. The number of amides is 1. The Balaban J connectivity index is 1.80. The van der Waals surface area contributed by atoms with Crippen LogP contribution in [-0.4, -0.2) is 44.7 Å². The van der Waals surface area contributed by atoms with Gasteiger partial charge in [0.25, 0.3) is 5.91 Å². The van der Waals surface area contributed by atoms with Gasteiger partial charge in [-0.2, -0.15) is 0 Å². The van der Waals surface area contributed by atoms with Gasteiger partial charge in [0.1, 0.15) is 17.6 Å². The third-order valence-electron chi connectivity index (χ3n) is 4.17. The summed E-state index contributed by atoms with van der Waals surface area (Å²) in [6.07, 6.45) is -0.191. The van der Waals surface area contributed by atoms with E-state index < -0.39 is 0 Å². The Kier molecular flexibility index (Phi) is 5.46. The molecule has 1 amide bonds. The van der Waals surface area contributed by atoms with Gasteiger partial charge in [-0.05, 0) is 29.8 Å². The highest BCUT2D eigenvalue weighted by Gasteiger charge is 2.26. The fraction of sp³-hybridized carbons (Fsp3) is 0.316. The van der Waals surface area contributed by atoms with E-state index in [0.717, 1.165) is 5.56 Å². The third kappa shape index (κ3) is 4.06. The van der Waals surface area contributed by atoms with E-state index >= 15 is 0 Å². The van der Waals surface area contributed by atoms with Gasteiger partial charge >= 0.3 is 0 Å². The summed E-state index contributed by atoms with van der Waals surface area (Å²) in [7, 11) is 3.12. The predicted octanol–water partition coefficient (Wildman–Crippen LogP) is 3.57. The average molecular weight is 362 g/mol. The van der Waals surface area contributed by atoms with Gasteiger partial charge in [0.05, 0.1) is 27.4 Å². The molecule has 1 heterocycles. The van der Waals surface area contributed by atoms with Crippen molar-refractivity contribution in [1.29, 1.82) is 0 Å². The van der Waals surface area contributed by atoms with Gasteiger partial charge in [-0.1, -0.05) is 23.7 Å². The number of hydrogen-bond acceptors (Lipinski definition) is 4. The predicted molar refractivity (Wildman–Crippen MR) is 95.6 cm³/mol. The quantitative estimate of drug-likeness (QED) is 0.835. The maximum Gasteiger partial charge on any atom is 0.254 e. The van der Waals surface area contributed by atoms with E-state index in [9.17, 15) is 4.79 Å². The second-order valence-electron chi connectivity index (χ2n) is 5.77. The molecule has 0 radical (unpaired) electrons. The van der Waals surface area contributed by atoms with Crippen LogP contribution in [0.4, 0.5) is 0 Å². The largest absolute Gasteiger partial charge is 0.497 e. The molecule has 0 spiro atoms. The summed E-state index contributed by atoms with van der Waals surface area (Å²) in [5.74, 6) is 1.09. The SMILES string of the molecule is COc1cc(OC)cc(C(=O)N2CCOC(c3cccc(Cl)c3)C2)c1. The first kappa shape index (κ1) is 17.6. The Morgan fingerprint density at radius 1 is 1.16 bits per heavy atom. The Morgan fingerprint density at radius 2 is 1.88 bits per heavy atom. The number of nitrogens with zero attached hydrogens (tertiary/aromatic N) is 1. The van der Waals surface area contributed by atoms with Crippen molar-refractivity contribution in [2.45, 2.75) is 6.10 Å². The molecule has 6 heteroatoms. The lowest BCUT2D eigenvalue weighted by Gasteiger charge is -2.33. The number of morpholine rings is 1. The van der Waals surface area contributed by atoms with Crippen LogP contribution in [0.15, 0.2) is 42.5 Å². The molecule has 0 aliphatic carbocycles. The fourth-order valence-electron chi connectivity index (χ4n) is 2.86. The summed E-state index contributed by atoms with van der Waals surface area (Å²) < 4.78 is 16.3. The Labute approximate surface area is 152 Å². The van der Waals surface area contributed by atoms with Crippen molar-refractivity contribution in [1.82, 2.24) is 4.90 Å². The molecule has 2 aromatic rings. The van der Waals surface area contributed by atoms with Gasteiger partial charge in [-0.3, -0.25) is 4.79 Å². The molecule has 2 aromatic carbocycles. The second-order valence-corrected chi connectivity index (χ2v) is 6.20. The van der Waals surface area contributed by atoms with Crippen LogP contribution in [0.2, 0.25) is 5.02 Å². The van der Waals surface area contributed by atoms with Crippen molar-refractivity contribution in [3.63, 3.8) is 0 Å². The lowest BCUT2D eigenvalue weighted by molar-refractivity contribution is -0.0228. The number of hydrogen-bond donors (Lipinski definition) is 0. The molecule has 25 heavy (non-hydrogen) atoms. The van der Waals surface area contributed by atoms with Crippen molar-refractivity contribution in [2.24, 2.45) is 0 Å². The van der Waals surface area contributed by atoms with Crippen LogP contribution in [0, 0.1) is 0 Å². The standard InChI is InChI=1S/C19H20ClNO4/c1-23-16-9-14(10-17(11-16)24-2)19(22)21-6-7-25-18(12-21)13-4-3-5-15(20)8-13/h3-5,8-11,18H,6-7,12H2,1-2H3. The Hall–Kier alpha value is -2.24. The van der Waals surface area contributed by atoms with Crippen LogP contribution >= 0.6 is 11.6 Å². The summed E-state index contributed by atoms with van der Waals surface area (Å²) in [5.41, 5.74) is 1.50. The Morgan fingerprint density at radius 3 is 2.52 bits per heavy atom. The van der Waals surface area contributed by atoms with Crippen molar-refractivity contribution >= 4 is 17.5 Å². The van der Waals surface area contributed by atoms with E-state index in [1.807, 2.05) is 24.3 Å². The van der Waals surface area contributed by atoms with Crippen molar-refractivity contribution < 1.29 is 19.0 Å². The van der Waals surface area contributed by atoms with Crippen LogP contribution < -0.4 is 9.47 Å². The van der Waals surface area contributed by atoms with E-state index in [2.05, 4.69) is 0 Å². The first-order chi connectivity index (χ1) is 12.1. The molecular formula is C19H20ClNO4. The number of carbonyl (C=O) groups excluding carboxylic acids is 1. The molecule has 1 aliphatic rings. The third-order valence-corrected chi connectivity index (χ3v) is 4.41. The number of methoxy groups -OCH3 is 2. The second kappa shape index (κ2) is 7.76. The zero-order chi connectivity index (χ0) is 17.8. The minimum atomic E-state index is -0.191. The molecule has 5 nitrogen and oxygen atoms in total. The van der Waals surface area contributed by atoms with E-state index in [1.54, 1.807) is 37.3 Å². The maximum absolute atomic E-state index is 12.9. The van der Waals surface area contributed by atoms with Crippen LogP contribution in [0.5, 0.6) is 11.5 Å². The summed E-state index contributed by atoms with van der Waals surface area (Å²) >= 11 is 6.06. The summed E-state index contributed by atoms with van der Waals surface area (Å²) in [4.78, 5) is 14.7. The topological polar surface area (TPSA) is 48.0 Å². The zero-order valence-corrected chi connectivity index (χ0v) is 15.0. The number of carbonyl (C=O) groups is 1. The highest BCUT2D eigenvalue weighted by atomic mass is 35.5. The normalized spacial score (nSPS) is 17.2. The maximum atomic E-state index is 12.9. The first-order valence-electron chi connectivity index (χ1n) is 8.00. The van der Waals surface area contributed by atoms with Gasteiger partial charge in [-0.25, -0.2) is 0 Å². The first-order valence-corrected chi connectivity index (χ1v) is 8.38. The van der Waals surface area contributed by atoms with Crippen LogP contribution in [0.1, 0.15) is 22.0 Å². The van der Waals surface area contributed by atoms with E-state index in [0.29, 0.717) is 41.8 Å². The zero-order valence-electron chi connectivity index (χ0n) is 14.2. The molecule has 1 unspecified atom stereocenters. The molecule has 0 bridgehead atoms. The van der Waals surface area contributed by atoms with E-state index in [1.165, 1.54) is 0 Å². The van der Waals surface area contributed by atoms with Crippen LogP contribution in [0.25, 0.3) is 0 Å². The highest BCUT2D eigenvalue weighted by Crippen LogP contribution is 2.27. The van der Waals surface area contributed by atoms with Crippen LogP contribution in [0.3, 0.4) is 0 Å². The van der Waals surface area contributed by atoms with E-state index in [4.69, 9.17) is 25.8 Å². The number of halogens is 1. The molecule has 0 saturated carbocycles. The minimum Gasteiger partial charge on any atom is -0.497 e. The van der Waals surface area contributed by atoms with Gasteiger partial charge in [-0.15, -0.1) is 0 Å². The molecule has 1 atom stereocenters. The van der Waals surface area contributed by atoms with Crippen molar-refractivity contribution in [2.75, 3.05) is 33.9 Å². The van der Waals surface area contributed by atoms with Gasteiger partial charge < -0.3 is 19.1 Å². The van der Waals surface area contributed by atoms with E-state index in [-0.39, 0.29) is 12.0 Å². The molecule has 0 aromatic heterocycles. The molecule has 1 saturated heterocycles. The molecule has 132 valence electrons. The van der Waals surface area contributed by atoms with Crippen LogP contribution in [-0.2, 0) is 4.74 Å². The van der Waals surface area contributed by atoms with Gasteiger partial charge in [0.2, 0.25) is 0 Å². The molecule has 3 rings (SSSR count). The Bertz CT molecular complexity index is 743. The minimum absolute atomic E-state index is 0.0764. The van der Waals surface area contributed by atoms with Gasteiger partial charge in [0.15, 0.2) is 0 Å². The highest BCUT2D eigenvalue weighted by molar-refractivity contribution is 6.30.